The minimum Gasteiger partial charge on any atom is -0.366 e. The normalized spacial score (nSPS) is 20.9. The number of hydrogen-bond acceptors (Lipinski definition) is 5. The largest absolute Gasteiger partial charge is 0.366 e. The van der Waals surface area contributed by atoms with Gasteiger partial charge in [-0.05, 0) is 18.9 Å². The van der Waals surface area contributed by atoms with Crippen molar-refractivity contribution in [3.05, 3.63) is 11.1 Å². The number of carbonyl (C=O) groups excluding carboxylic acids is 1. The van der Waals surface area contributed by atoms with E-state index in [1.165, 1.54) is 11.3 Å². The number of nitrogens with zero attached hydrogens (tertiary/aromatic N) is 2. The maximum Gasteiger partial charge on any atom is 0.256 e. The van der Waals surface area contributed by atoms with Crippen LogP contribution in [0.15, 0.2) is 5.38 Å². The van der Waals surface area contributed by atoms with Crippen LogP contribution in [0, 0.1) is 5.41 Å². The third-order valence-corrected chi connectivity index (χ3v) is 3.86. The van der Waals surface area contributed by atoms with Crippen LogP contribution in [0.5, 0.6) is 0 Å². The molecule has 20 heavy (non-hydrogen) atoms. The molecule has 0 spiro atoms. The van der Waals surface area contributed by atoms with Gasteiger partial charge in [0.05, 0.1) is 12.3 Å². The molecule has 0 radical (unpaired) electrons. The number of hydrogen-bond donors (Lipinski definition) is 1. The Hall–Kier alpha value is -0.980. The number of carbonyl (C=O) groups is 1. The summed E-state index contributed by atoms with van der Waals surface area (Å²) in [7, 11) is 1.99. The van der Waals surface area contributed by atoms with Crippen LogP contribution in [0.25, 0.3) is 0 Å². The summed E-state index contributed by atoms with van der Waals surface area (Å²) < 4.78 is 5.49. The summed E-state index contributed by atoms with van der Waals surface area (Å²) in [6.45, 7) is 8.63. The molecular weight excluding hydrogens is 274 g/mol. The van der Waals surface area contributed by atoms with Gasteiger partial charge in [-0.1, -0.05) is 20.8 Å². The predicted octanol–water partition coefficient (Wildman–Crippen LogP) is 2.00. The molecule has 6 heteroatoms. The quantitative estimate of drug-likeness (QED) is 0.927. The molecule has 2 rings (SSSR count). The highest BCUT2D eigenvalue weighted by molar-refractivity contribution is 7.13. The number of aromatic nitrogens is 1. The first-order chi connectivity index (χ1) is 9.33. The SMILES string of the molecule is CN1CCO[C@@H](C(=O)Nc2nc(CC(C)(C)C)cs2)C1. The van der Waals surface area contributed by atoms with Gasteiger partial charge in [0.1, 0.15) is 6.10 Å². The van der Waals surface area contributed by atoms with E-state index in [2.05, 4.69) is 36.0 Å². The van der Waals surface area contributed by atoms with E-state index in [0.717, 1.165) is 18.7 Å². The second-order valence-corrected chi connectivity index (χ2v) is 7.35. The molecule has 112 valence electrons. The van der Waals surface area contributed by atoms with Crippen LogP contribution in [-0.2, 0) is 16.0 Å². The Morgan fingerprint density at radius 2 is 2.35 bits per heavy atom. The van der Waals surface area contributed by atoms with Gasteiger partial charge in [-0.25, -0.2) is 4.98 Å². The number of amides is 1. The number of ether oxygens (including phenoxy) is 1. The van der Waals surface area contributed by atoms with Crippen molar-refractivity contribution in [1.82, 2.24) is 9.88 Å². The van der Waals surface area contributed by atoms with Gasteiger partial charge >= 0.3 is 0 Å². The van der Waals surface area contributed by atoms with Gasteiger partial charge in [0.15, 0.2) is 5.13 Å². The highest BCUT2D eigenvalue weighted by Gasteiger charge is 2.25. The number of anilines is 1. The molecule has 0 saturated carbocycles. The standard InChI is InChI=1S/C14H23N3O2S/c1-14(2,3)7-10-9-20-13(15-10)16-12(18)11-8-17(4)5-6-19-11/h9,11H,5-8H2,1-4H3,(H,15,16,18)/t11-/m1/s1. The van der Waals surface area contributed by atoms with Crippen molar-refractivity contribution in [2.45, 2.75) is 33.3 Å². The Kier molecular flexibility index (Phi) is 4.78. The lowest BCUT2D eigenvalue weighted by Crippen LogP contribution is -2.46. The molecule has 0 aromatic carbocycles. The lowest BCUT2D eigenvalue weighted by Gasteiger charge is -2.28. The fourth-order valence-corrected chi connectivity index (χ4v) is 2.82. The molecule has 1 fully saturated rings. The third kappa shape index (κ3) is 4.54. The molecule has 1 atom stereocenters. The number of nitrogens with one attached hydrogen (secondary N) is 1. The Labute approximate surface area is 124 Å². The van der Waals surface area contributed by atoms with Gasteiger partial charge in [0.2, 0.25) is 0 Å². The molecule has 0 aliphatic carbocycles. The summed E-state index contributed by atoms with van der Waals surface area (Å²) >= 11 is 1.47. The zero-order valence-electron chi connectivity index (χ0n) is 12.6. The average Bonchev–Trinajstić information content (AvgIpc) is 2.74. The first kappa shape index (κ1) is 15.4. The fraction of sp³-hybridized carbons (Fsp3) is 0.714. The maximum absolute atomic E-state index is 12.1. The fourth-order valence-electron chi connectivity index (χ4n) is 2.11. The van der Waals surface area contributed by atoms with Crippen LogP contribution in [0.1, 0.15) is 26.5 Å². The van der Waals surface area contributed by atoms with Crippen molar-refractivity contribution >= 4 is 22.4 Å². The Balaban J connectivity index is 1.91. The van der Waals surface area contributed by atoms with Crippen LogP contribution in [0.2, 0.25) is 0 Å². The van der Waals surface area contributed by atoms with Crippen LogP contribution < -0.4 is 5.32 Å². The summed E-state index contributed by atoms with van der Waals surface area (Å²) in [5, 5.41) is 5.52. The molecule has 5 nitrogen and oxygen atoms in total. The molecule has 0 bridgehead atoms. The van der Waals surface area contributed by atoms with Crippen molar-refractivity contribution in [3.8, 4) is 0 Å². The van der Waals surface area contributed by atoms with Crippen molar-refractivity contribution in [2.75, 3.05) is 32.1 Å². The van der Waals surface area contributed by atoms with Gasteiger partial charge in [-0.15, -0.1) is 11.3 Å². The Morgan fingerprint density at radius 1 is 1.60 bits per heavy atom. The topological polar surface area (TPSA) is 54.5 Å². The maximum atomic E-state index is 12.1. The van der Waals surface area contributed by atoms with E-state index in [4.69, 9.17) is 4.74 Å². The van der Waals surface area contributed by atoms with Crippen LogP contribution in [-0.4, -0.2) is 48.6 Å². The van der Waals surface area contributed by atoms with Crippen molar-refractivity contribution in [3.63, 3.8) is 0 Å². The molecule has 2 heterocycles. The summed E-state index contributed by atoms with van der Waals surface area (Å²) in [6, 6.07) is 0. The first-order valence-electron chi connectivity index (χ1n) is 6.89. The van der Waals surface area contributed by atoms with E-state index in [9.17, 15) is 4.79 Å². The minimum atomic E-state index is -0.399. The van der Waals surface area contributed by atoms with E-state index in [1.54, 1.807) is 0 Å². The molecule has 1 N–H and O–H groups in total. The van der Waals surface area contributed by atoms with Gasteiger partial charge in [-0.3, -0.25) is 10.1 Å². The molecule has 1 aromatic heterocycles. The molecule has 1 saturated heterocycles. The van der Waals surface area contributed by atoms with Crippen LogP contribution in [0.3, 0.4) is 0 Å². The van der Waals surface area contributed by atoms with Crippen LogP contribution >= 0.6 is 11.3 Å². The molecular formula is C14H23N3O2S. The smallest absolute Gasteiger partial charge is 0.256 e. The van der Waals surface area contributed by atoms with E-state index in [1.807, 2.05) is 12.4 Å². The highest BCUT2D eigenvalue weighted by Crippen LogP contribution is 2.24. The second kappa shape index (κ2) is 6.20. The first-order valence-corrected chi connectivity index (χ1v) is 7.77. The van der Waals surface area contributed by atoms with E-state index in [0.29, 0.717) is 18.3 Å². The van der Waals surface area contributed by atoms with Crippen LogP contribution in [0.4, 0.5) is 5.13 Å². The van der Waals surface area contributed by atoms with Crippen molar-refractivity contribution in [1.29, 1.82) is 0 Å². The Morgan fingerprint density at radius 3 is 3.00 bits per heavy atom. The van der Waals surface area contributed by atoms with E-state index >= 15 is 0 Å². The van der Waals surface area contributed by atoms with Gasteiger partial charge in [0, 0.05) is 18.5 Å². The predicted molar refractivity (Wildman–Crippen MR) is 81.1 cm³/mol. The molecule has 1 aliphatic heterocycles. The monoisotopic (exact) mass is 297 g/mol. The Bertz CT molecular complexity index is 467. The third-order valence-electron chi connectivity index (χ3n) is 3.06. The zero-order chi connectivity index (χ0) is 14.8. The summed E-state index contributed by atoms with van der Waals surface area (Å²) in [5.74, 6) is -0.104. The number of morpholine rings is 1. The lowest BCUT2D eigenvalue weighted by atomic mass is 9.91. The number of thiazole rings is 1. The molecule has 0 unspecified atom stereocenters. The van der Waals surface area contributed by atoms with E-state index < -0.39 is 6.10 Å². The van der Waals surface area contributed by atoms with Gasteiger partial charge in [0.25, 0.3) is 5.91 Å². The van der Waals surface area contributed by atoms with Crippen molar-refractivity contribution in [2.24, 2.45) is 5.41 Å². The molecule has 1 aliphatic rings. The molecule has 1 aromatic rings. The summed E-state index contributed by atoms with van der Waals surface area (Å²) in [5.41, 5.74) is 1.23. The number of likely N-dealkylation sites (N-methyl/N-ethyl adjacent to an activating group) is 1. The van der Waals surface area contributed by atoms with Gasteiger partial charge in [-0.2, -0.15) is 0 Å². The highest BCUT2D eigenvalue weighted by atomic mass is 32.1. The second-order valence-electron chi connectivity index (χ2n) is 6.49. The summed E-state index contributed by atoms with van der Waals surface area (Å²) in [4.78, 5) is 18.7. The summed E-state index contributed by atoms with van der Waals surface area (Å²) in [6.07, 6.45) is 0.505. The van der Waals surface area contributed by atoms with Crippen molar-refractivity contribution < 1.29 is 9.53 Å². The van der Waals surface area contributed by atoms with Gasteiger partial charge < -0.3 is 9.64 Å². The lowest BCUT2D eigenvalue weighted by molar-refractivity contribution is -0.132. The average molecular weight is 297 g/mol. The number of rotatable bonds is 3. The molecule has 1 amide bonds. The van der Waals surface area contributed by atoms with E-state index in [-0.39, 0.29) is 11.3 Å². The zero-order valence-corrected chi connectivity index (χ0v) is 13.4. The minimum absolute atomic E-state index is 0.104.